The van der Waals surface area contributed by atoms with Crippen molar-refractivity contribution < 1.29 is 19.1 Å². The highest BCUT2D eigenvalue weighted by Gasteiger charge is 2.28. The van der Waals surface area contributed by atoms with Crippen LogP contribution in [0.4, 0.5) is 0 Å². The number of rotatable bonds is 4. The van der Waals surface area contributed by atoms with Gasteiger partial charge in [-0.2, -0.15) is 0 Å². The molecule has 0 radical (unpaired) electrons. The summed E-state index contributed by atoms with van der Waals surface area (Å²) in [5.74, 6) is -0.0419. The molecule has 1 N–H and O–H groups in total. The first-order chi connectivity index (χ1) is 9.90. The van der Waals surface area contributed by atoms with Crippen molar-refractivity contribution in [3.63, 3.8) is 0 Å². The standard InChI is InChI=1S/C14H13ClO5S/c1-8(16)19-5-6-21(2)13-12(17)10-4-3-9(15)7-11(10)20-14(13)18/h3-4,7H,5-6H2,1-2H3/p+1. The average Bonchev–Trinajstić information content (AvgIpc) is 2.37. The number of aromatic hydroxyl groups is 1. The number of hydrogen-bond donors (Lipinski definition) is 1. The van der Waals surface area contributed by atoms with E-state index in [0.717, 1.165) is 0 Å². The van der Waals surface area contributed by atoms with Crippen molar-refractivity contribution in [3.05, 3.63) is 33.6 Å². The van der Waals surface area contributed by atoms with Crippen molar-refractivity contribution >= 4 is 39.4 Å². The van der Waals surface area contributed by atoms with Gasteiger partial charge in [0, 0.05) is 28.9 Å². The zero-order valence-electron chi connectivity index (χ0n) is 11.5. The number of carbonyl (C=O) groups excluding carboxylic acids is 1. The molecule has 21 heavy (non-hydrogen) atoms. The van der Waals surface area contributed by atoms with E-state index in [1.165, 1.54) is 13.0 Å². The molecule has 1 aromatic carbocycles. The Bertz CT molecular complexity index is 740. The maximum Gasteiger partial charge on any atom is 0.396 e. The Kier molecular flexibility index (Phi) is 4.80. The molecule has 0 saturated carbocycles. The molecule has 0 saturated heterocycles. The highest BCUT2D eigenvalue weighted by molar-refractivity contribution is 7.96. The van der Waals surface area contributed by atoms with Gasteiger partial charge in [-0.25, -0.2) is 4.79 Å². The molecule has 1 aromatic heterocycles. The van der Waals surface area contributed by atoms with Crippen molar-refractivity contribution in [2.24, 2.45) is 0 Å². The van der Waals surface area contributed by atoms with Gasteiger partial charge >= 0.3 is 11.6 Å². The average molecular weight is 330 g/mol. The van der Waals surface area contributed by atoms with Crippen molar-refractivity contribution in [3.8, 4) is 5.75 Å². The summed E-state index contributed by atoms with van der Waals surface area (Å²) in [6.07, 6.45) is 1.79. The van der Waals surface area contributed by atoms with Gasteiger partial charge in [0.05, 0.1) is 5.39 Å². The van der Waals surface area contributed by atoms with E-state index < -0.39 is 16.5 Å². The first-order valence-electron chi connectivity index (χ1n) is 6.11. The van der Waals surface area contributed by atoms with Gasteiger partial charge in [-0.15, -0.1) is 0 Å². The van der Waals surface area contributed by atoms with Gasteiger partial charge in [-0.3, -0.25) is 4.79 Å². The van der Waals surface area contributed by atoms with Crippen LogP contribution in [-0.4, -0.2) is 29.7 Å². The molecular formula is C14H14ClO5S+. The third-order valence-corrected chi connectivity index (χ3v) is 4.92. The number of fused-ring (bicyclic) bond motifs is 1. The molecule has 0 aliphatic carbocycles. The Morgan fingerprint density at radius 3 is 2.86 bits per heavy atom. The molecule has 1 atom stereocenters. The first kappa shape index (κ1) is 15.7. The summed E-state index contributed by atoms with van der Waals surface area (Å²) in [4.78, 5) is 23.0. The molecule has 112 valence electrons. The lowest BCUT2D eigenvalue weighted by molar-refractivity contribution is -0.140. The van der Waals surface area contributed by atoms with Crippen molar-refractivity contribution in [2.75, 3.05) is 18.6 Å². The molecule has 0 bridgehead atoms. The summed E-state index contributed by atoms with van der Waals surface area (Å²) in [7, 11) is -0.601. The number of hydrogen-bond acceptors (Lipinski definition) is 5. The van der Waals surface area contributed by atoms with E-state index in [9.17, 15) is 14.7 Å². The lowest BCUT2D eigenvalue weighted by Gasteiger charge is -2.06. The molecule has 0 aliphatic rings. The molecule has 1 heterocycles. The van der Waals surface area contributed by atoms with E-state index in [0.29, 0.717) is 16.2 Å². The molecular weight excluding hydrogens is 316 g/mol. The Balaban J connectivity index is 2.37. The Hall–Kier alpha value is -1.66. The van der Waals surface area contributed by atoms with Crippen molar-refractivity contribution in [2.45, 2.75) is 11.8 Å². The topological polar surface area (TPSA) is 76.7 Å². The van der Waals surface area contributed by atoms with Crippen LogP contribution in [0.15, 0.2) is 32.3 Å². The number of benzene rings is 1. The molecule has 0 amide bonds. The number of ether oxygens (including phenoxy) is 1. The van der Waals surface area contributed by atoms with Crippen LogP contribution < -0.4 is 5.63 Å². The fourth-order valence-electron chi connectivity index (χ4n) is 1.86. The largest absolute Gasteiger partial charge is 0.503 e. The molecule has 2 rings (SSSR count). The maximum absolute atomic E-state index is 12.0. The molecule has 7 heteroatoms. The summed E-state index contributed by atoms with van der Waals surface area (Å²) in [6.45, 7) is 1.51. The highest BCUT2D eigenvalue weighted by atomic mass is 35.5. The summed E-state index contributed by atoms with van der Waals surface area (Å²) >= 11 is 5.83. The van der Waals surface area contributed by atoms with E-state index in [-0.39, 0.29) is 28.8 Å². The fourth-order valence-corrected chi connectivity index (χ4v) is 3.33. The summed E-state index contributed by atoms with van der Waals surface area (Å²) in [6, 6.07) is 4.69. The van der Waals surface area contributed by atoms with Gasteiger partial charge in [0.25, 0.3) is 4.90 Å². The maximum atomic E-state index is 12.0. The van der Waals surface area contributed by atoms with Gasteiger partial charge in [-0.05, 0) is 12.1 Å². The van der Waals surface area contributed by atoms with Crippen LogP contribution in [0.1, 0.15) is 6.92 Å². The number of esters is 1. The van der Waals surface area contributed by atoms with E-state index >= 15 is 0 Å². The van der Waals surface area contributed by atoms with Crippen LogP contribution >= 0.6 is 11.6 Å². The molecule has 2 aromatic rings. The first-order valence-corrected chi connectivity index (χ1v) is 8.29. The van der Waals surface area contributed by atoms with Gasteiger partial charge in [0.1, 0.15) is 24.2 Å². The smallest absolute Gasteiger partial charge is 0.396 e. The van der Waals surface area contributed by atoms with Crippen molar-refractivity contribution in [1.29, 1.82) is 0 Å². The molecule has 1 unspecified atom stereocenters. The molecule has 0 fully saturated rings. The van der Waals surface area contributed by atoms with E-state index in [4.69, 9.17) is 20.8 Å². The Morgan fingerprint density at radius 2 is 2.19 bits per heavy atom. The summed E-state index contributed by atoms with van der Waals surface area (Å²) in [5.41, 5.74) is -0.360. The van der Waals surface area contributed by atoms with Crippen LogP contribution in [0.2, 0.25) is 5.02 Å². The minimum atomic E-state index is -0.601. The van der Waals surface area contributed by atoms with Crippen LogP contribution in [-0.2, 0) is 20.4 Å². The van der Waals surface area contributed by atoms with Gasteiger partial charge in [-0.1, -0.05) is 11.6 Å². The Labute approximate surface area is 128 Å². The van der Waals surface area contributed by atoms with E-state index in [2.05, 4.69) is 0 Å². The third kappa shape index (κ3) is 3.51. The van der Waals surface area contributed by atoms with Crippen LogP contribution in [0.3, 0.4) is 0 Å². The minimum absolute atomic E-state index is 0.105. The molecule has 0 aliphatic heterocycles. The Morgan fingerprint density at radius 1 is 1.48 bits per heavy atom. The fraction of sp³-hybridized carbons (Fsp3) is 0.286. The monoisotopic (exact) mass is 329 g/mol. The predicted octanol–water partition coefficient (Wildman–Crippen LogP) is 2.32. The predicted molar refractivity (Wildman–Crippen MR) is 82.2 cm³/mol. The summed E-state index contributed by atoms with van der Waals surface area (Å²) in [5, 5.41) is 11.1. The van der Waals surface area contributed by atoms with E-state index in [1.807, 2.05) is 0 Å². The van der Waals surface area contributed by atoms with Crippen LogP contribution in [0.5, 0.6) is 5.75 Å². The second-order valence-electron chi connectivity index (χ2n) is 4.39. The quantitative estimate of drug-likeness (QED) is 0.529. The van der Waals surface area contributed by atoms with Crippen LogP contribution in [0, 0.1) is 0 Å². The second-order valence-corrected chi connectivity index (χ2v) is 6.92. The number of halogens is 1. The second kappa shape index (κ2) is 6.41. The summed E-state index contributed by atoms with van der Waals surface area (Å²) < 4.78 is 10.1. The van der Waals surface area contributed by atoms with Gasteiger partial charge < -0.3 is 14.3 Å². The number of carbonyl (C=O) groups is 1. The lowest BCUT2D eigenvalue weighted by Crippen LogP contribution is -2.20. The third-order valence-electron chi connectivity index (χ3n) is 2.85. The highest BCUT2D eigenvalue weighted by Crippen LogP contribution is 2.31. The zero-order chi connectivity index (χ0) is 15.6. The molecule has 5 nitrogen and oxygen atoms in total. The van der Waals surface area contributed by atoms with Gasteiger partial charge in [0.15, 0.2) is 5.75 Å². The lowest BCUT2D eigenvalue weighted by atomic mass is 10.2. The normalized spacial score (nSPS) is 12.3. The SMILES string of the molecule is CC(=O)OCC[S+](C)c1c(O)c2ccc(Cl)cc2oc1=O. The molecule has 0 spiro atoms. The van der Waals surface area contributed by atoms with Crippen molar-refractivity contribution in [1.82, 2.24) is 0 Å². The van der Waals surface area contributed by atoms with Gasteiger partial charge in [0.2, 0.25) is 0 Å². The minimum Gasteiger partial charge on any atom is -0.503 e. The van der Waals surface area contributed by atoms with Crippen LogP contribution in [0.25, 0.3) is 11.0 Å². The zero-order valence-corrected chi connectivity index (χ0v) is 13.1. The van der Waals surface area contributed by atoms with E-state index in [1.54, 1.807) is 18.4 Å².